The van der Waals surface area contributed by atoms with Crippen molar-refractivity contribution in [2.45, 2.75) is 0 Å². The lowest BCUT2D eigenvalue weighted by Gasteiger charge is -1.86. The molecule has 0 saturated carbocycles. The predicted molar refractivity (Wildman–Crippen MR) is 29.1 cm³/mol. The molecular weight excluding hydrogens is 114 g/mol. The van der Waals surface area contributed by atoms with Crippen LogP contribution in [-0.4, -0.2) is 22.7 Å². The van der Waals surface area contributed by atoms with Gasteiger partial charge in [0.05, 0.1) is 6.61 Å². The van der Waals surface area contributed by atoms with Gasteiger partial charge in [0.2, 0.25) is 0 Å². The summed E-state index contributed by atoms with van der Waals surface area (Å²) >= 11 is 0.920. The van der Waals surface area contributed by atoms with Gasteiger partial charge in [0, 0.05) is 5.75 Å². The molecule has 0 aliphatic rings. The van der Waals surface area contributed by atoms with E-state index in [4.69, 9.17) is 10.8 Å². The summed E-state index contributed by atoms with van der Waals surface area (Å²) in [6.07, 6.45) is 0. The minimum atomic E-state index is -0.436. The highest BCUT2D eigenvalue weighted by Crippen LogP contribution is 1.94. The molecule has 0 atom stereocenters. The summed E-state index contributed by atoms with van der Waals surface area (Å²) in [5.41, 5.74) is 4.69. The van der Waals surface area contributed by atoms with Crippen LogP contribution in [0.5, 0.6) is 0 Å². The Morgan fingerprint density at radius 3 is 2.57 bits per heavy atom. The highest BCUT2D eigenvalue weighted by molar-refractivity contribution is 8.13. The number of aliphatic hydroxyl groups excluding tert-OH is 1. The van der Waals surface area contributed by atoms with Gasteiger partial charge in [-0.05, 0) is 0 Å². The van der Waals surface area contributed by atoms with E-state index in [2.05, 4.69) is 0 Å². The van der Waals surface area contributed by atoms with Crippen LogP contribution < -0.4 is 5.73 Å². The van der Waals surface area contributed by atoms with Crippen molar-refractivity contribution in [2.24, 2.45) is 5.73 Å². The Morgan fingerprint density at radius 2 is 2.43 bits per heavy atom. The van der Waals surface area contributed by atoms with E-state index in [1.54, 1.807) is 0 Å². The van der Waals surface area contributed by atoms with Crippen LogP contribution in [-0.2, 0) is 0 Å². The van der Waals surface area contributed by atoms with Crippen molar-refractivity contribution in [1.82, 2.24) is 0 Å². The quantitative estimate of drug-likeness (QED) is 0.531. The Morgan fingerprint density at radius 1 is 1.86 bits per heavy atom. The molecule has 0 aromatic carbocycles. The summed E-state index contributed by atoms with van der Waals surface area (Å²) in [5, 5.41) is 7.65. The lowest BCUT2D eigenvalue weighted by atomic mass is 10.9. The molecule has 0 bridgehead atoms. The Hall–Kier alpha value is -0.220. The molecule has 1 amide bonds. The highest BCUT2D eigenvalue weighted by Gasteiger charge is 1.89. The Kier molecular flexibility index (Phi) is 3.83. The maximum Gasteiger partial charge on any atom is 0.276 e. The van der Waals surface area contributed by atoms with Crippen LogP contribution in [0.4, 0.5) is 4.79 Å². The fourth-order valence-corrected chi connectivity index (χ4v) is 0.439. The maximum absolute atomic E-state index is 9.83. The smallest absolute Gasteiger partial charge is 0.276 e. The summed E-state index contributed by atoms with van der Waals surface area (Å²) in [6.45, 7) is 0.00755. The van der Waals surface area contributed by atoms with Gasteiger partial charge < -0.3 is 10.8 Å². The number of carbonyl (C=O) groups excluding carboxylic acids is 1. The van der Waals surface area contributed by atoms with E-state index < -0.39 is 5.24 Å². The van der Waals surface area contributed by atoms with Gasteiger partial charge >= 0.3 is 0 Å². The van der Waals surface area contributed by atoms with E-state index in [-0.39, 0.29) is 6.61 Å². The number of hydrogen-bond donors (Lipinski definition) is 2. The average molecular weight is 121 g/mol. The monoisotopic (exact) mass is 121 g/mol. The van der Waals surface area contributed by atoms with Gasteiger partial charge in [-0.1, -0.05) is 11.8 Å². The van der Waals surface area contributed by atoms with Crippen LogP contribution in [0.3, 0.4) is 0 Å². The Balaban J connectivity index is 2.82. The van der Waals surface area contributed by atoms with E-state index in [9.17, 15) is 4.79 Å². The molecule has 3 nitrogen and oxygen atoms in total. The van der Waals surface area contributed by atoms with Gasteiger partial charge in [-0.25, -0.2) is 0 Å². The second kappa shape index (κ2) is 3.95. The lowest BCUT2D eigenvalue weighted by Crippen LogP contribution is -2.04. The molecule has 0 aromatic rings. The second-order valence-electron chi connectivity index (χ2n) is 0.891. The van der Waals surface area contributed by atoms with Crippen molar-refractivity contribution < 1.29 is 9.90 Å². The Labute approximate surface area is 45.9 Å². The second-order valence-corrected chi connectivity index (χ2v) is 1.99. The minimum absolute atomic E-state index is 0.00755. The zero-order valence-electron chi connectivity index (χ0n) is 3.76. The largest absolute Gasteiger partial charge is 0.396 e. The van der Waals surface area contributed by atoms with Crippen molar-refractivity contribution in [3.63, 3.8) is 0 Å². The fourth-order valence-electron chi connectivity index (χ4n) is 0.146. The van der Waals surface area contributed by atoms with E-state index in [1.807, 2.05) is 0 Å². The van der Waals surface area contributed by atoms with Gasteiger partial charge in [0.25, 0.3) is 5.24 Å². The summed E-state index contributed by atoms with van der Waals surface area (Å²) in [5.74, 6) is 0.398. The van der Waals surface area contributed by atoms with Gasteiger partial charge in [-0.2, -0.15) is 0 Å². The fraction of sp³-hybridized carbons (Fsp3) is 0.667. The van der Waals surface area contributed by atoms with Gasteiger partial charge in [0.15, 0.2) is 0 Å². The summed E-state index contributed by atoms with van der Waals surface area (Å²) in [4.78, 5) is 9.83. The first-order valence-corrected chi connectivity index (χ1v) is 2.79. The molecule has 0 fully saturated rings. The van der Waals surface area contributed by atoms with Crippen LogP contribution >= 0.6 is 11.8 Å². The number of carbonyl (C=O) groups is 1. The molecule has 4 heteroatoms. The van der Waals surface area contributed by atoms with Crippen molar-refractivity contribution in [3.8, 4) is 0 Å². The lowest BCUT2D eigenvalue weighted by molar-refractivity contribution is 0.267. The SMILES string of the molecule is NC(=O)SCCO. The zero-order chi connectivity index (χ0) is 5.70. The number of thioether (sulfide) groups is 1. The van der Waals surface area contributed by atoms with Crippen LogP contribution in [0.1, 0.15) is 0 Å². The third-order valence-corrected chi connectivity index (χ3v) is 1.01. The minimum Gasteiger partial charge on any atom is -0.396 e. The first kappa shape index (κ1) is 6.78. The standard InChI is InChI=1S/C3H7NO2S/c4-3(6)7-2-1-5/h5H,1-2H2,(H2,4,6). The van der Waals surface area contributed by atoms with Crippen LogP contribution in [0.2, 0.25) is 0 Å². The molecule has 0 aliphatic heterocycles. The van der Waals surface area contributed by atoms with Gasteiger partial charge in [-0.15, -0.1) is 0 Å². The topological polar surface area (TPSA) is 63.3 Å². The van der Waals surface area contributed by atoms with E-state index in [1.165, 1.54) is 0 Å². The van der Waals surface area contributed by atoms with Crippen molar-refractivity contribution >= 4 is 17.0 Å². The van der Waals surface area contributed by atoms with Crippen LogP contribution in [0, 0.1) is 0 Å². The third kappa shape index (κ3) is 5.78. The third-order valence-electron chi connectivity index (χ3n) is 0.336. The van der Waals surface area contributed by atoms with Crippen molar-refractivity contribution in [3.05, 3.63) is 0 Å². The van der Waals surface area contributed by atoms with E-state index >= 15 is 0 Å². The van der Waals surface area contributed by atoms with Crippen LogP contribution in [0.25, 0.3) is 0 Å². The first-order chi connectivity index (χ1) is 3.27. The van der Waals surface area contributed by atoms with Crippen molar-refractivity contribution in [1.29, 1.82) is 0 Å². The average Bonchev–Trinajstić information content (AvgIpc) is 1.61. The molecule has 0 aromatic heterocycles. The summed E-state index contributed by atoms with van der Waals surface area (Å²) in [6, 6.07) is 0. The molecule has 7 heavy (non-hydrogen) atoms. The van der Waals surface area contributed by atoms with Crippen molar-refractivity contribution in [2.75, 3.05) is 12.4 Å². The number of rotatable bonds is 2. The predicted octanol–water partition coefficient (Wildman–Crippen LogP) is -0.209. The number of aliphatic hydroxyl groups is 1. The van der Waals surface area contributed by atoms with Crippen LogP contribution in [0.15, 0.2) is 0 Å². The van der Waals surface area contributed by atoms with E-state index in [0.29, 0.717) is 5.75 Å². The molecule has 0 spiro atoms. The molecule has 3 N–H and O–H groups in total. The Bertz CT molecular complexity index is 66.0. The van der Waals surface area contributed by atoms with Gasteiger partial charge in [0.1, 0.15) is 0 Å². The molecule has 0 unspecified atom stereocenters. The summed E-state index contributed by atoms with van der Waals surface area (Å²) < 4.78 is 0. The number of nitrogens with two attached hydrogens (primary N) is 1. The highest BCUT2D eigenvalue weighted by atomic mass is 32.2. The summed E-state index contributed by atoms with van der Waals surface area (Å²) in [7, 11) is 0. The molecular formula is C3H7NO2S. The molecule has 0 saturated heterocycles. The molecule has 0 heterocycles. The number of hydrogen-bond acceptors (Lipinski definition) is 3. The molecule has 0 rings (SSSR count). The zero-order valence-corrected chi connectivity index (χ0v) is 4.57. The molecule has 0 aliphatic carbocycles. The van der Waals surface area contributed by atoms with E-state index in [0.717, 1.165) is 11.8 Å². The normalized spacial score (nSPS) is 8.71. The molecule has 0 radical (unpaired) electrons. The maximum atomic E-state index is 9.83. The molecule has 42 valence electrons. The number of primary amides is 1. The first-order valence-electron chi connectivity index (χ1n) is 1.80. The number of amides is 1. The van der Waals surface area contributed by atoms with Gasteiger partial charge in [-0.3, -0.25) is 4.79 Å².